The summed E-state index contributed by atoms with van der Waals surface area (Å²) < 4.78 is 12.9. The van der Waals surface area contributed by atoms with Crippen molar-refractivity contribution in [2.24, 2.45) is 0 Å². The van der Waals surface area contributed by atoms with Gasteiger partial charge in [-0.1, -0.05) is 19.1 Å². The molecule has 1 N–H and O–H groups in total. The smallest absolute Gasteiger partial charge is 0.123 e. The molecule has 2 rings (SSSR count). The third-order valence-electron chi connectivity index (χ3n) is 3.60. The van der Waals surface area contributed by atoms with E-state index < -0.39 is 6.10 Å². The molecule has 1 aromatic carbocycles. The maximum atomic E-state index is 12.9. The Hall–Kier alpha value is -1.78. The summed E-state index contributed by atoms with van der Waals surface area (Å²) in [6.45, 7) is 4.36. The van der Waals surface area contributed by atoms with Gasteiger partial charge in [0.25, 0.3) is 0 Å². The van der Waals surface area contributed by atoms with Gasteiger partial charge in [0, 0.05) is 25.5 Å². The largest absolute Gasteiger partial charge is 0.387 e. The zero-order chi connectivity index (χ0) is 15.1. The van der Waals surface area contributed by atoms with Gasteiger partial charge >= 0.3 is 0 Å². The van der Waals surface area contributed by atoms with Crippen LogP contribution in [0.3, 0.4) is 0 Å². The molecule has 4 heteroatoms. The summed E-state index contributed by atoms with van der Waals surface area (Å²) >= 11 is 0. The molecule has 21 heavy (non-hydrogen) atoms. The SMILES string of the molecule is CCN(CCc1ccncc1)CC(O)c1ccc(F)cc1. The van der Waals surface area contributed by atoms with Gasteiger partial charge in [-0.15, -0.1) is 0 Å². The molecule has 3 nitrogen and oxygen atoms in total. The van der Waals surface area contributed by atoms with Gasteiger partial charge in [0.05, 0.1) is 6.10 Å². The van der Waals surface area contributed by atoms with Crippen LogP contribution >= 0.6 is 0 Å². The molecule has 1 heterocycles. The Bertz CT molecular complexity index is 530. The molecule has 0 spiro atoms. The molecule has 0 aliphatic rings. The molecule has 0 aliphatic carbocycles. The summed E-state index contributed by atoms with van der Waals surface area (Å²) in [6, 6.07) is 10.0. The number of likely N-dealkylation sites (N-methyl/N-ethyl adjacent to an activating group) is 1. The normalized spacial score (nSPS) is 12.6. The van der Waals surface area contributed by atoms with Gasteiger partial charge in [-0.2, -0.15) is 0 Å². The maximum Gasteiger partial charge on any atom is 0.123 e. The minimum Gasteiger partial charge on any atom is -0.387 e. The topological polar surface area (TPSA) is 36.4 Å². The van der Waals surface area contributed by atoms with E-state index in [1.807, 2.05) is 12.1 Å². The molecule has 0 fully saturated rings. The van der Waals surface area contributed by atoms with E-state index in [4.69, 9.17) is 0 Å². The second-order valence-electron chi connectivity index (χ2n) is 5.07. The summed E-state index contributed by atoms with van der Waals surface area (Å²) in [7, 11) is 0. The van der Waals surface area contributed by atoms with Gasteiger partial charge < -0.3 is 10.0 Å². The van der Waals surface area contributed by atoms with Crippen molar-refractivity contribution in [2.75, 3.05) is 19.6 Å². The highest BCUT2D eigenvalue weighted by atomic mass is 19.1. The molecule has 1 atom stereocenters. The van der Waals surface area contributed by atoms with Crippen molar-refractivity contribution in [3.63, 3.8) is 0 Å². The minimum atomic E-state index is -0.594. The van der Waals surface area contributed by atoms with Crippen molar-refractivity contribution in [3.8, 4) is 0 Å². The molecule has 112 valence electrons. The lowest BCUT2D eigenvalue weighted by Gasteiger charge is -2.23. The molecule has 0 amide bonds. The number of hydrogen-bond donors (Lipinski definition) is 1. The van der Waals surface area contributed by atoms with Crippen LogP contribution in [-0.4, -0.2) is 34.6 Å². The van der Waals surface area contributed by atoms with E-state index in [1.54, 1.807) is 24.5 Å². The Morgan fingerprint density at radius 2 is 1.81 bits per heavy atom. The van der Waals surface area contributed by atoms with Gasteiger partial charge in [0.2, 0.25) is 0 Å². The molecule has 0 aliphatic heterocycles. The molecule has 0 saturated carbocycles. The standard InChI is InChI=1S/C17H21FN2O/c1-2-20(12-9-14-7-10-19-11-8-14)13-17(21)15-3-5-16(18)6-4-15/h3-8,10-11,17,21H,2,9,12-13H2,1H3. The fourth-order valence-electron chi connectivity index (χ4n) is 2.25. The molecule has 2 aromatic rings. The highest BCUT2D eigenvalue weighted by molar-refractivity contribution is 5.18. The number of benzene rings is 1. The first-order valence-electron chi connectivity index (χ1n) is 7.24. The second-order valence-corrected chi connectivity index (χ2v) is 5.07. The van der Waals surface area contributed by atoms with E-state index in [0.29, 0.717) is 6.54 Å². The van der Waals surface area contributed by atoms with Crippen molar-refractivity contribution in [2.45, 2.75) is 19.4 Å². The number of hydrogen-bond acceptors (Lipinski definition) is 3. The summed E-state index contributed by atoms with van der Waals surface area (Å²) in [5.41, 5.74) is 1.98. The molecular weight excluding hydrogens is 267 g/mol. The van der Waals surface area contributed by atoms with Crippen molar-refractivity contribution >= 4 is 0 Å². The first-order valence-corrected chi connectivity index (χ1v) is 7.24. The van der Waals surface area contributed by atoms with E-state index in [0.717, 1.165) is 25.1 Å². The molecule has 1 aromatic heterocycles. The van der Waals surface area contributed by atoms with E-state index >= 15 is 0 Å². The fraction of sp³-hybridized carbons (Fsp3) is 0.353. The van der Waals surface area contributed by atoms with E-state index in [2.05, 4.69) is 16.8 Å². The van der Waals surface area contributed by atoms with Crippen LogP contribution in [0.1, 0.15) is 24.2 Å². The van der Waals surface area contributed by atoms with E-state index in [9.17, 15) is 9.50 Å². The number of nitrogens with zero attached hydrogens (tertiary/aromatic N) is 2. The summed E-state index contributed by atoms with van der Waals surface area (Å²) in [5, 5.41) is 10.2. The number of pyridine rings is 1. The van der Waals surface area contributed by atoms with Gasteiger partial charge in [-0.05, 0) is 48.4 Å². The zero-order valence-corrected chi connectivity index (χ0v) is 12.2. The number of rotatable bonds is 7. The molecular formula is C17H21FN2O. The van der Waals surface area contributed by atoms with Crippen LogP contribution in [0.5, 0.6) is 0 Å². The number of halogens is 1. The van der Waals surface area contributed by atoms with Gasteiger partial charge in [0.1, 0.15) is 5.82 Å². The average Bonchev–Trinajstić information content (AvgIpc) is 2.53. The van der Waals surface area contributed by atoms with Crippen LogP contribution in [0.25, 0.3) is 0 Å². The Morgan fingerprint density at radius 3 is 2.43 bits per heavy atom. The maximum absolute atomic E-state index is 12.9. The summed E-state index contributed by atoms with van der Waals surface area (Å²) in [6.07, 6.45) is 3.91. The van der Waals surface area contributed by atoms with Crippen LogP contribution in [-0.2, 0) is 6.42 Å². The monoisotopic (exact) mass is 288 g/mol. The number of aromatic nitrogens is 1. The van der Waals surface area contributed by atoms with Crippen LogP contribution < -0.4 is 0 Å². The van der Waals surface area contributed by atoms with E-state index in [-0.39, 0.29) is 5.82 Å². The van der Waals surface area contributed by atoms with Gasteiger partial charge in [-0.3, -0.25) is 4.98 Å². The Balaban J connectivity index is 1.88. The molecule has 0 bridgehead atoms. The zero-order valence-electron chi connectivity index (χ0n) is 12.2. The van der Waals surface area contributed by atoms with Crippen LogP contribution in [0.15, 0.2) is 48.8 Å². The lowest BCUT2D eigenvalue weighted by Crippen LogP contribution is -2.30. The second kappa shape index (κ2) is 7.86. The third kappa shape index (κ3) is 4.92. The van der Waals surface area contributed by atoms with Crippen LogP contribution in [0.2, 0.25) is 0 Å². The molecule has 0 saturated heterocycles. The van der Waals surface area contributed by atoms with Crippen LogP contribution in [0, 0.1) is 5.82 Å². The third-order valence-corrected chi connectivity index (χ3v) is 3.60. The lowest BCUT2D eigenvalue weighted by atomic mass is 10.1. The molecule has 1 unspecified atom stereocenters. The van der Waals surface area contributed by atoms with Gasteiger partial charge in [0.15, 0.2) is 0 Å². The summed E-state index contributed by atoms with van der Waals surface area (Å²) in [4.78, 5) is 6.19. The fourth-order valence-corrected chi connectivity index (χ4v) is 2.25. The first kappa shape index (κ1) is 15.6. The first-order chi connectivity index (χ1) is 10.2. The number of aliphatic hydroxyl groups is 1. The molecule has 0 radical (unpaired) electrons. The minimum absolute atomic E-state index is 0.281. The Labute approximate surface area is 125 Å². The van der Waals surface area contributed by atoms with Crippen molar-refractivity contribution in [1.82, 2.24) is 9.88 Å². The van der Waals surface area contributed by atoms with Crippen molar-refractivity contribution in [1.29, 1.82) is 0 Å². The lowest BCUT2D eigenvalue weighted by molar-refractivity contribution is 0.116. The van der Waals surface area contributed by atoms with Gasteiger partial charge in [-0.25, -0.2) is 4.39 Å². The Morgan fingerprint density at radius 1 is 1.14 bits per heavy atom. The highest BCUT2D eigenvalue weighted by Crippen LogP contribution is 2.15. The summed E-state index contributed by atoms with van der Waals surface area (Å²) in [5.74, 6) is -0.281. The highest BCUT2D eigenvalue weighted by Gasteiger charge is 2.12. The van der Waals surface area contributed by atoms with Crippen molar-refractivity contribution < 1.29 is 9.50 Å². The predicted octanol–water partition coefficient (Wildman–Crippen LogP) is 2.82. The quantitative estimate of drug-likeness (QED) is 0.851. The average molecular weight is 288 g/mol. The Kier molecular flexibility index (Phi) is 5.84. The van der Waals surface area contributed by atoms with Crippen LogP contribution in [0.4, 0.5) is 4.39 Å². The number of aliphatic hydroxyl groups excluding tert-OH is 1. The van der Waals surface area contributed by atoms with Crippen molar-refractivity contribution in [3.05, 3.63) is 65.7 Å². The van der Waals surface area contributed by atoms with E-state index in [1.165, 1.54) is 17.7 Å². The predicted molar refractivity (Wildman–Crippen MR) is 81.4 cm³/mol.